The molecule has 2 amide bonds. The molecule has 8 heteroatoms. The van der Waals surface area contributed by atoms with E-state index in [9.17, 15) is 14.0 Å². The predicted octanol–water partition coefficient (Wildman–Crippen LogP) is 3.88. The molecule has 1 aliphatic heterocycles. The number of amides is 2. The minimum atomic E-state index is -0.363. The van der Waals surface area contributed by atoms with Gasteiger partial charge in [0, 0.05) is 31.7 Å². The molecule has 0 unspecified atom stereocenters. The minimum absolute atomic E-state index is 0.0366. The van der Waals surface area contributed by atoms with E-state index < -0.39 is 0 Å². The molecule has 1 saturated heterocycles. The molecule has 0 spiro atoms. The molecular formula is C23H22ClFN4O2. The molecule has 160 valence electrons. The van der Waals surface area contributed by atoms with Crippen molar-refractivity contribution >= 4 is 23.4 Å². The number of hydrogen-bond acceptors (Lipinski definition) is 3. The van der Waals surface area contributed by atoms with Gasteiger partial charge >= 0.3 is 0 Å². The van der Waals surface area contributed by atoms with Crippen LogP contribution in [-0.2, 0) is 0 Å². The van der Waals surface area contributed by atoms with Crippen molar-refractivity contribution in [1.82, 2.24) is 19.6 Å². The number of carbonyl (C=O) groups is 2. The molecule has 1 aromatic heterocycles. The van der Waals surface area contributed by atoms with Crippen LogP contribution < -0.4 is 0 Å². The Morgan fingerprint density at radius 3 is 2.00 bits per heavy atom. The van der Waals surface area contributed by atoms with Crippen molar-refractivity contribution in [2.75, 3.05) is 26.2 Å². The van der Waals surface area contributed by atoms with Gasteiger partial charge in [0.15, 0.2) is 0 Å². The van der Waals surface area contributed by atoms with E-state index in [-0.39, 0.29) is 22.8 Å². The standard InChI is InChI=1S/C23H22ClFN4O2/c1-15-3-5-17(6-4-15)22(30)27-11-13-28(14-12-27)23(31)20-16(2)26-29(21(20)24)19-9-7-18(25)8-10-19/h3-10H,11-14H2,1-2H3. The molecule has 6 nitrogen and oxygen atoms in total. The molecule has 31 heavy (non-hydrogen) atoms. The maximum absolute atomic E-state index is 13.2. The average molecular weight is 441 g/mol. The molecule has 0 saturated carbocycles. The molecule has 0 radical (unpaired) electrons. The van der Waals surface area contributed by atoms with Gasteiger partial charge in [0.1, 0.15) is 11.0 Å². The lowest BCUT2D eigenvalue weighted by atomic mass is 10.1. The maximum Gasteiger partial charge on any atom is 0.259 e. The molecule has 1 aliphatic rings. The summed E-state index contributed by atoms with van der Waals surface area (Å²) < 4.78 is 14.7. The van der Waals surface area contributed by atoms with Gasteiger partial charge in [-0.3, -0.25) is 9.59 Å². The van der Waals surface area contributed by atoms with Crippen LogP contribution in [0, 0.1) is 19.7 Å². The maximum atomic E-state index is 13.2. The highest BCUT2D eigenvalue weighted by molar-refractivity contribution is 6.33. The third-order valence-corrected chi connectivity index (χ3v) is 5.79. The first kappa shape index (κ1) is 21.1. The number of rotatable bonds is 3. The van der Waals surface area contributed by atoms with E-state index in [1.54, 1.807) is 28.9 Å². The number of nitrogens with zero attached hydrogens (tertiary/aromatic N) is 4. The van der Waals surface area contributed by atoms with Crippen molar-refractivity contribution in [3.63, 3.8) is 0 Å². The smallest absolute Gasteiger partial charge is 0.259 e. The summed E-state index contributed by atoms with van der Waals surface area (Å²) in [6.07, 6.45) is 0. The topological polar surface area (TPSA) is 58.4 Å². The molecule has 0 N–H and O–H groups in total. The zero-order valence-electron chi connectivity index (χ0n) is 17.3. The van der Waals surface area contributed by atoms with E-state index in [1.807, 2.05) is 31.2 Å². The highest BCUT2D eigenvalue weighted by Gasteiger charge is 2.29. The second-order valence-corrected chi connectivity index (χ2v) is 7.95. The molecule has 0 bridgehead atoms. The summed E-state index contributed by atoms with van der Waals surface area (Å²) in [4.78, 5) is 29.3. The molecule has 2 aromatic carbocycles. The van der Waals surface area contributed by atoms with E-state index in [2.05, 4.69) is 5.10 Å². The van der Waals surface area contributed by atoms with Gasteiger partial charge in [0.25, 0.3) is 11.8 Å². The number of aromatic nitrogens is 2. The van der Waals surface area contributed by atoms with E-state index in [0.29, 0.717) is 48.7 Å². The number of benzene rings is 2. The van der Waals surface area contributed by atoms with E-state index >= 15 is 0 Å². The monoisotopic (exact) mass is 440 g/mol. The van der Waals surface area contributed by atoms with Crippen LogP contribution in [0.4, 0.5) is 4.39 Å². The lowest BCUT2D eigenvalue weighted by Gasteiger charge is -2.34. The Balaban J connectivity index is 1.47. The van der Waals surface area contributed by atoms with Crippen molar-refractivity contribution in [1.29, 1.82) is 0 Å². The predicted molar refractivity (Wildman–Crippen MR) is 116 cm³/mol. The first-order chi connectivity index (χ1) is 14.8. The number of aryl methyl sites for hydroxylation is 2. The summed E-state index contributed by atoms with van der Waals surface area (Å²) in [5.41, 5.74) is 3.13. The fourth-order valence-electron chi connectivity index (χ4n) is 3.64. The quantitative estimate of drug-likeness (QED) is 0.621. The summed E-state index contributed by atoms with van der Waals surface area (Å²) >= 11 is 6.48. The highest BCUT2D eigenvalue weighted by atomic mass is 35.5. The van der Waals surface area contributed by atoms with Crippen molar-refractivity contribution in [3.05, 3.63) is 81.9 Å². The zero-order chi connectivity index (χ0) is 22.1. The largest absolute Gasteiger partial charge is 0.335 e. The first-order valence-electron chi connectivity index (χ1n) is 10.0. The summed E-state index contributed by atoms with van der Waals surface area (Å²) in [6, 6.07) is 13.2. The van der Waals surface area contributed by atoms with E-state index in [1.165, 1.54) is 16.8 Å². The number of piperazine rings is 1. The SMILES string of the molecule is Cc1ccc(C(=O)N2CCN(C(=O)c3c(C)nn(-c4ccc(F)cc4)c3Cl)CC2)cc1. The Labute approximate surface area is 184 Å². The summed E-state index contributed by atoms with van der Waals surface area (Å²) in [6.45, 7) is 5.41. The molecule has 4 rings (SSSR count). The van der Waals surface area contributed by atoms with Gasteiger partial charge in [-0.05, 0) is 50.2 Å². The Morgan fingerprint density at radius 1 is 0.871 bits per heavy atom. The third kappa shape index (κ3) is 4.18. The second-order valence-electron chi connectivity index (χ2n) is 7.59. The Hall–Kier alpha value is -3.19. The van der Waals surface area contributed by atoms with Crippen LogP contribution in [-0.4, -0.2) is 57.6 Å². The fourth-order valence-corrected chi connectivity index (χ4v) is 4.00. The lowest BCUT2D eigenvalue weighted by molar-refractivity contribution is 0.0535. The van der Waals surface area contributed by atoms with Crippen LogP contribution in [0.5, 0.6) is 0 Å². The lowest BCUT2D eigenvalue weighted by Crippen LogP contribution is -2.50. The van der Waals surface area contributed by atoms with Crippen molar-refractivity contribution in [2.24, 2.45) is 0 Å². The Morgan fingerprint density at radius 2 is 1.42 bits per heavy atom. The second kappa shape index (κ2) is 8.51. The average Bonchev–Trinajstić information content (AvgIpc) is 3.08. The van der Waals surface area contributed by atoms with Gasteiger partial charge in [-0.25, -0.2) is 9.07 Å². The molecule has 1 fully saturated rings. The highest BCUT2D eigenvalue weighted by Crippen LogP contribution is 2.25. The summed E-state index contributed by atoms with van der Waals surface area (Å²) in [5, 5.41) is 4.55. The van der Waals surface area contributed by atoms with Gasteiger partial charge in [0.05, 0.1) is 16.9 Å². The first-order valence-corrected chi connectivity index (χ1v) is 10.4. The zero-order valence-corrected chi connectivity index (χ0v) is 18.1. The third-order valence-electron chi connectivity index (χ3n) is 5.44. The van der Waals surface area contributed by atoms with Gasteiger partial charge in [-0.2, -0.15) is 5.10 Å². The van der Waals surface area contributed by atoms with E-state index in [4.69, 9.17) is 11.6 Å². The number of hydrogen-bond donors (Lipinski definition) is 0. The van der Waals surface area contributed by atoms with Crippen LogP contribution in [0.15, 0.2) is 48.5 Å². The van der Waals surface area contributed by atoms with Crippen molar-refractivity contribution < 1.29 is 14.0 Å². The summed E-state index contributed by atoms with van der Waals surface area (Å²) in [5.74, 6) is -0.623. The Bertz CT molecular complexity index is 1120. The molecular weight excluding hydrogens is 419 g/mol. The van der Waals surface area contributed by atoms with Gasteiger partial charge in [0.2, 0.25) is 0 Å². The fraction of sp³-hybridized carbons (Fsp3) is 0.261. The Kier molecular flexibility index (Phi) is 5.78. The van der Waals surface area contributed by atoms with Gasteiger partial charge in [-0.15, -0.1) is 0 Å². The molecule has 0 aliphatic carbocycles. The van der Waals surface area contributed by atoms with Crippen LogP contribution >= 0.6 is 11.6 Å². The van der Waals surface area contributed by atoms with Crippen LogP contribution in [0.25, 0.3) is 5.69 Å². The van der Waals surface area contributed by atoms with Gasteiger partial charge < -0.3 is 9.80 Å². The van der Waals surface area contributed by atoms with Crippen molar-refractivity contribution in [2.45, 2.75) is 13.8 Å². The molecule has 0 atom stereocenters. The number of halogens is 2. The van der Waals surface area contributed by atoms with E-state index in [0.717, 1.165) is 5.56 Å². The van der Waals surface area contributed by atoms with Gasteiger partial charge in [-0.1, -0.05) is 29.3 Å². The minimum Gasteiger partial charge on any atom is -0.335 e. The van der Waals surface area contributed by atoms with Crippen LogP contribution in [0.3, 0.4) is 0 Å². The molecule has 2 heterocycles. The number of carbonyl (C=O) groups excluding carboxylic acids is 2. The molecule has 3 aromatic rings. The normalized spacial score (nSPS) is 14.1. The summed E-state index contributed by atoms with van der Waals surface area (Å²) in [7, 11) is 0. The van der Waals surface area contributed by atoms with Crippen molar-refractivity contribution in [3.8, 4) is 5.69 Å². The van der Waals surface area contributed by atoms with Crippen LogP contribution in [0.1, 0.15) is 32.0 Å². The van der Waals surface area contributed by atoms with Crippen LogP contribution in [0.2, 0.25) is 5.15 Å².